The van der Waals surface area contributed by atoms with Crippen LogP contribution in [0, 0.1) is 0 Å². The highest BCUT2D eigenvalue weighted by Crippen LogP contribution is 2.40. The van der Waals surface area contributed by atoms with Crippen LogP contribution >= 0.6 is 11.6 Å². The molecule has 6 aromatic rings. The molecule has 9 heteroatoms. The molecule has 8 nitrogen and oxygen atoms in total. The van der Waals surface area contributed by atoms with Gasteiger partial charge in [0.2, 0.25) is 0 Å². The van der Waals surface area contributed by atoms with Crippen LogP contribution in [0.3, 0.4) is 0 Å². The van der Waals surface area contributed by atoms with Crippen molar-refractivity contribution in [2.75, 3.05) is 71.8 Å². The molecule has 0 aliphatic carbocycles. The number of aromatic nitrogens is 1. The Kier molecular flexibility index (Phi) is 18.6. The number of methoxy groups -OCH3 is 3. The SMILES string of the molecule is C.CNCCC(Cl)c1ccccc1.CNCCC(c1ccccc1)N1CCc2c(OC)cccc21.COc1cccc2[nH]ccc12.COc1cccc2c1CCN2. The molecule has 3 heterocycles. The van der Waals surface area contributed by atoms with Crippen LogP contribution in [0.25, 0.3) is 10.9 Å². The molecule has 2 atom stereocenters. The standard InChI is InChI=1S/C19H24N2O.C10H14ClN.C9H11NO.C9H9NO.CH4/c1-20-13-11-17(15-7-4-3-5-8-15)21-14-12-16-18(21)9-6-10-19(16)22-2;1-12-8-7-10(11)9-5-3-2-4-6-9;2*1-11-9-4-2-3-8-7(9)5-6-10-8;/h3-10,17,20H,11-14H2,1-2H3;2-6,10,12H,7-8H2,1H3;2-4,10H,5-6H2,1H3;2-6,10H,1H3;1H4. The summed E-state index contributed by atoms with van der Waals surface area (Å²) < 4.78 is 15.9. The first-order valence-electron chi connectivity index (χ1n) is 19.5. The second kappa shape index (κ2) is 23.8. The third kappa shape index (κ3) is 12.2. The predicted octanol–water partition coefficient (Wildman–Crippen LogP) is 10.5. The van der Waals surface area contributed by atoms with Crippen molar-refractivity contribution < 1.29 is 14.2 Å². The van der Waals surface area contributed by atoms with Crippen molar-refractivity contribution in [1.82, 2.24) is 15.6 Å². The minimum Gasteiger partial charge on any atom is -0.496 e. The molecule has 0 bridgehead atoms. The van der Waals surface area contributed by atoms with Gasteiger partial charge >= 0.3 is 0 Å². The predicted molar refractivity (Wildman–Crippen MR) is 242 cm³/mol. The Balaban J connectivity index is 0.000000177. The minimum atomic E-state index is 0. The van der Waals surface area contributed by atoms with E-state index in [-0.39, 0.29) is 12.8 Å². The van der Waals surface area contributed by atoms with Crippen LogP contribution in [-0.2, 0) is 12.8 Å². The van der Waals surface area contributed by atoms with Crippen LogP contribution in [0.5, 0.6) is 17.2 Å². The molecule has 4 N–H and O–H groups in total. The van der Waals surface area contributed by atoms with Crippen LogP contribution in [0.4, 0.5) is 11.4 Å². The highest BCUT2D eigenvalue weighted by atomic mass is 35.5. The van der Waals surface area contributed by atoms with E-state index in [9.17, 15) is 0 Å². The number of hydrogen-bond donors (Lipinski definition) is 4. The van der Waals surface area contributed by atoms with Crippen LogP contribution in [0.1, 0.15) is 53.9 Å². The summed E-state index contributed by atoms with van der Waals surface area (Å²) in [6, 6.07) is 41.8. The molecule has 1 aromatic heterocycles. The topological polar surface area (TPSA) is 82.8 Å². The van der Waals surface area contributed by atoms with Gasteiger partial charge in [-0.05, 0) is 106 Å². The van der Waals surface area contributed by atoms with Gasteiger partial charge in [-0.3, -0.25) is 0 Å². The van der Waals surface area contributed by atoms with E-state index in [1.54, 1.807) is 21.3 Å². The smallest absolute Gasteiger partial charge is 0.128 e. The van der Waals surface area contributed by atoms with Crippen molar-refractivity contribution in [3.05, 3.63) is 150 Å². The first kappa shape index (κ1) is 44.6. The van der Waals surface area contributed by atoms with Crippen molar-refractivity contribution in [3.8, 4) is 17.2 Å². The molecule has 0 saturated heterocycles. The molecule has 304 valence electrons. The molecule has 0 amide bonds. The lowest BCUT2D eigenvalue weighted by Crippen LogP contribution is -2.29. The number of halogens is 1. The second-order valence-corrected chi connectivity index (χ2v) is 14.1. The lowest BCUT2D eigenvalue weighted by molar-refractivity contribution is 0.411. The Morgan fingerprint density at radius 2 is 1.25 bits per heavy atom. The Morgan fingerprint density at radius 3 is 1.91 bits per heavy atom. The molecule has 0 saturated carbocycles. The van der Waals surface area contributed by atoms with Crippen molar-refractivity contribution >= 4 is 33.9 Å². The van der Waals surface area contributed by atoms with Gasteiger partial charge in [0.25, 0.3) is 0 Å². The van der Waals surface area contributed by atoms with E-state index in [4.69, 9.17) is 25.8 Å². The zero-order valence-corrected chi connectivity index (χ0v) is 34.2. The monoisotopic (exact) mass is 791 g/mol. The Labute approximate surface area is 345 Å². The van der Waals surface area contributed by atoms with Gasteiger partial charge in [0.1, 0.15) is 17.2 Å². The van der Waals surface area contributed by atoms with Gasteiger partial charge in [0, 0.05) is 52.7 Å². The summed E-state index contributed by atoms with van der Waals surface area (Å²) in [4.78, 5) is 5.65. The Hall–Kier alpha value is -5.15. The van der Waals surface area contributed by atoms with Gasteiger partial charge in [-0.25, -0.2) is 0 Å². The maximum atomic E-state index is 6.14. The summed E-state index contributed by atoms with van der Waals surface area (Å²) in [5.74, 6) is 2.94. The lowest BCUT2D eigenvalue weighted by atomic mass is 10.0. The number of aromatic amines is 1. The number of hydrogen-bond acceptors (Lipinski definition) is 7. The largest absolute Gasteiger partial charge is 0.496 e. The summed E-state index contributed by atoms with van der Waals surface area (Å²) in [7, 11) is 9.11. The van der Waals surface area contributed by atoms with Crippen molar-refractivity contribution in [3.63, 3.8) is 0 Å². The summed E-state index contributed by atoms with van der Waals surface area (Å²) in [6.45, 7) is 4.06. The quantitative estimate of drug-likeness (QED) is 0.0919. The number of nitrogens with one attached hydrogen (secondary N) is 4. The fraction of sp³-hybridized carbons (Fsp3) is 0.333. The zero-order valence-electron chi connectivity index (χ0n) is 33.5. The van der Waals surface area contributed by atoms with E-state index >= 15 is 0 Å². The molecule has 2 aliphatic heterocycles. The molecule has 0 fully saturated rings. The number of fused-ring (bicyclic) bond motifs is 3. The van der Waals surface area contributed by atoms with E-state index in [2.05, 4.69) is 92.6 Å². The zero-order chi connectivity index (χ0) is 39.5. The fourth-order valence-corrected chi connectivity index (χ4v) is 7.49. The molecular formula is C48H62ClN5O3. The lowest BCUT2D eigenvalue weighted by Gasteiger charge is -2.31. The molecule has 2 unspecified atom stereocenters. The molecular weight excluding hydrogens is 730 g/mol. The highest BCUT2D eigenvalue weighted by molar-refractivity contribution is 6.20. The molecule has 8 rings (SSSR count). The van der Waals surface area contributed by atoms with Gasteiger partial charge in [0.15, 0.2) is 0 Å². The van der Waals surface area contributed by atoms with Crippen molar-refractivity contribution in [1.29, 1.82) is 0 Å². The molecule has 0 radical (unpaired) electrons. The summed E-state index contributed by atoms with van der Waals surface area (Å²) in [5, 5.41) is 10.9. The van der Waals surface area contributed by atoms with Crippen molar-refractivity contribution in [2.24, 2.45) is 0 Å². The van der Waals surface area contributed by atoms with Gasteiger partial charge in [-0.1, -0.05) is 86.3 Å². The van der Waals surface area contributed by atoms with E-state index < -0.39 is 0 Å². The van der Waals surface area contributed by atoms with Crippen LogP contribution in [0.15, 0.2) is 128 Å². The van der Waals surface area contributed by atoms with E-state index in [1.807, 2.05) is 74.9 Å². The van der Waals surface area contributed by atoms with E-state index in [0.29, 0.717) is 6.04 Å². The van der Waals surface area contributed by atoms with Gasteiger partial charge < -0.3 is 40.0 Å². The van der Waals surface area contributed by atoms with Crippen LogP contribution < -0.4 is 35.1 Å². The summed E-state index contributed by atoms with van der Waals surface area (Å²) >= 11 is 6.14. The normalized spacial score (nSPS) is 13.1. The number of benzene rings is 5. The Bertz CT molecular complexity index is 2020. The average Bonchev–Trinajstić information content (AvgIpc) is 4.05. The summed E-state index contributed by atoms with van der Waals surface area (Å²) in [6.07, 6.45) is 6.12. The molecule has 57 heavy (non-hydrogen) atoms. The number of ether oxygens (including phenoxy) is 3. The first-order valence-corrected chi connectivity index (χ1v) is 19.9. The molecule has 2 aliphatic rings. The van der Waals surface area contributed by atoms with Crippen LogP contribution in [0.2, 0.25) is 0 Å². The maximum Gasteiger partial charge on any atom is 0.128 e. The van der Waals surface area contributed by atoms with Crippen molar-refractivity contribution in [2.45, 2.75) is 44.5 Å². The van der Waals surface area contributed by atoms with Gasteiger partial charge in [0.05, 0.1) is 32.7 Å². The van der Waals surface area contributed by atoms with Gasteiger partial charge in [-0.15, -0.1) is 11.6 Å². The van der Waals surface area contributed by atoms with E-state index in [1.165, 1.54) is 33.6 Å². The number of rotatable bonds is 12. The maximum absolute atomic E-state index is 6.14. The second-order valence-electron chi connectivity index (χ2n) is 13.6. The number of alkyl halides is 1. The van der Waals surface area contributed by atoms with E-state index in [0.717, 1.165) is 80.0 Å². The summed E-state index contributed by atoms with van der Waals surface area (Å²) in [5.41, 5.74) is 8.91. The fourth-order valence-electron chi connectivity index (χ4n) is 7.24. The number of H-pyrrole nitrogens is 1. The number of anilines is 2. The Morgan fingerprint density at radius 1 is 0.649 bits per heavy atom. The average molecular weight is 793 g/mol. The van der Waals surface area contributed by atoms with Crippen LogP contribution in [-0.4, -0.2) is 66.6 Å². The third-order valence-electron chi connectivity index (χ3n) is 10.1. The minimum absolute atomic E-state index is 0. The first-order chi connectivity index (χ1) is 27.5. The molecule has 0 spiro atoms. The highest BCUT2D eigenvalue weighted by Gasteiger charge is 2.28. The third-order valence-corrected chi connectivity index (χ3v) is 10.6. The van der Waals surface area contributed by atoms with Gasteiger partial charge in [-0.2, -0.15) is 0 Å². The number of nitrogens with zero attached hydrogens (tertiary/aromatic N) is 1. The molecule has 5 aromatic carbocycles.